The van der Waals surface area contributed by atoms with Gasteiger partial charge in [-0.05, 0) is 5.92 Å². The van der Waals surface area contributed by atoms with Crippen LogP contribution in [0.3, 0.4) is 0 Å². The Hall–Kier alpha value is -0.940. The minimum absolute atomic E-state index is 0.304. The lowest BCUT2D eigenvalue weighted by Crippen LogP contribution is -2.50. The number of aliphatic carboxylic acids is 1. The van der Waals surface area contributed by atoms with Crippen LogP contribution in [-0.2, 0) is 16.0 Å². The van der Waals surface area contributed by atoms with Crippen LogP contribution >= 0.6 is 11.3 Å². The number of nitrogens with zero attached hydrogens (tertiary/aromatic N) is 1. The monoisotopic (exact) mass is 241 g/mol. The van der Waals surface area contributed by atoms with E-state index >= 15 is 0 Å². The number of aromatic nitrogens is 1. The smallest absolute Gasteiger partial charge is 0.314 e. The van der Waals surface area contributed by atoms with Crippen molar-refractivity contribution >= 4 is 17.3 Å². The third kappa shape index (κ3) is 1.97. The molecule has 5 heteroatoms. The van der Waals surface area contributed by atoms with Crippen molar-refractivity contribution < 1.29 is 14.6 Å². The fourth-order valence-electron chi connectivity index (χ4n) is 1.61. The summed E-state index contributed by atoms with van der Waals surface area (Å²) in [5.74, 6) is -0.386. The molecule has 1 aliphatic rings. The van der Waals surface area contributed by atoms with E-state index in [1.807, 2.05) is 5.38 Å². The highest BCUT2D eigenvalue weighted by atomic mass is 32.1. The highest BCUT2D eigenvalue weighted by Crippen LogP contribution is 2.33. The van der Waals surface area contributed by atoms with Crippen molar-refractivity contribution in [3.8, 4) is 0 Å². The van der Waals surface area contributed by atoms with Crippen molar-refractivity contribution in [2.75, 3.05) is 13.2 Å². The highest BCUT2D eigenvalue weighted by molar-refractivity contribution is 7.09. The molecule has 1 saturated heterocycles. The molecule has 0 atom stereocenters. The number of rotatable bonds is 4. The molecule has 0 amide bonds. The third-order valence-electron chi connectivity index (χ3n) is 2.86. The molecule has 1 N–H and O–H groups in total. The standard InChI is InChI=1S/C11H15NO3S/c1-7(2)8-4-16-9(12-8)3-11(10(13)14)5-15-6-11/h4,7H,3,5-6H2,1-2H3,(H,13,14). The Balaban J connectivity index is 2.11. The van der Waals surface area contributed by atoms with Crippen LogP contribution in [0.4, 0.5) is 0 Å². The Labute approximate surface area is 98.3 Å². The minimum Gasteiger partial charge on any atom is -0.481 e. The first-order valence-electron chi connectivity index (χ1n) is 5.29. The second-order valence-corrected chi connectivity index (χ2v) is 5.52. The topological polar surface area (TPSA) is 59.4 Å². The van der Waals surface area contributed by atoms with Gasteiger partial charge in [-0.1, -0.05) is 13.8 Å². The van der Waals surface area contributed by atoms with Crippen LogP contribution in [0.25, 0.3) is 0 Å². The maximum Gasteiger partial charge on any atom is 0.314 e. The molecule has 0 radical (unpaired) electrons. The molecule has 0 aliphatic carbocycles. The lowest BCUT2D eigenvalue weighted by molar-refractivity contribution is -0.179. The van der Waals surface area contributed by atoms with Crippen LogP contribution in [0.1, 0.15) is 30.5 Å². The van der Waals surface area contributed by atoms with Gasteiger partial charge in [-0.25, -0.2) is 4.98 Å². The second-order valence-electron chi connectivity index (χ2n) is 4.58. The summed E-state index contributed by atoms with van der Waals surface area (Å²) in [6.45, 7) is 4.77. The molecule has 0 unspecified atom stereocenters. The predicted octanol–water partition coefficient (Wildman–Crippen LogP) is 1.91. The molecule has 0 spiro atoms. The van der Waals surface area contributed by atoms with Gasteiger partial charge in [0.2, 0.25) is 0 Å². The van der Waals surface area contributed by atoms with E-state index in [9.17, 15) is 4.79 Å². The Kier molecular flexibility index (Phi) is 2.99. The summed E-state index contributed by atoms with van der Waals surface area (Å²) in [6, 6.07) is 0. The SMILES string of the molecule is CC(C)c1csc(CC2(C(=O)O)COC2)n1. The first-order valence-corrected chi connectivity index (χ1v) is 6.17. The molecular formula is C11H15NO3S. The molecule has 88 valence electrons. The van der Waals surface area contributed by atoms with Gasteiger partial charge in [-0.3, -0.25) is 4.79 Å². The van der Waals surface area contributed by atoms with Gasteiger partial charge in [0.25, 0.3) is 0 Å². The van der Waals surface area contributed by atoms with Crippen LogP contribution in [0.2, 0.25) is 0 Å². The van der Waals surface area contributed by atoms with Crippen molar-refractivity contribution in [1.29, 1.82) is 0 Å². The fraction of sp³-hybridized carbons (Fsp3) is 0.636. The molecule has 0 aromatic carbocycles. The number of ether oxygens (including phenoxy) is 1. The van der Waals surface area contributed by atoms with E-state index in [2.05, 4.69) is 18.8 Å². The Morgan fingerprint density at radius 3 is 2.75 bits per heavy atom. The van der Waals surface area contributed by atoms with Crippen molar-refractivity contribution in [2.45, 2.75) is 26.2 Å². The lowest BCUT2D eigenvalue weighted by atomic mass is 9.83. The van der Waals surface area contributed by atoms with Gasteiger partial charge in [0, 0.05) is 11.8 Å². The van der Waals surface area contributed by atoms with Crippen molar-refractivity contribution in [3.05, 3.63) is 16.1 Å². The maximum atomic E-state index is 11.1. The Morgan fingerprint density at radius 1 is 1.69 bits per heavy atom. The van der Waals surface area contributed by atoms with Crippen LogP contribution in [0.15, 0.2) is 5.38 Å². The van der Waals surface area contributed by atoms with E-state index in [1.165, 1.54) is 0 Å². The number of hydrogen-bond donors (Lipinski definition) is 1. The van der Waals surface area contributed by atoms with Crippen molar-refractivity contribution in [1.82, 2.24) is 4.98 Å². The number of carbonyl (C=O) groups is 1. The van der Waals surface area contributed by atoms with E-state index in [0.717, 1.165) is 10.7 Å². The van der Waals surface area contributed by atoms with Gasteiger partial charge in [0.15, 0.2) is 0 Å². The minimum atomic E-state index is -0.778. The normalized spacial score (nSPS) is 18.4. The van der Waals surface area contributed by atoms with E-state index in [1.54, 1.807) is 11.3 Å². The molecule has 0 saturated carbocycles. The Morgan fingerprint density at radius 2 is 2.38 bits per heavy atom. The average molecular weight is 241 g/mol. The van der Waals surface area contributed by atoms with Crippen LogP contribution in [0.5, 0.6) is 0 Å². The molecule has 2 heterocycles. The highest BCUT2D eigenvalue weighted by Gasteiger charge is 2.46. The van der Waals surface area contributed by atoms with Crippen molar-refractivity contribution in [2.24, 2.45) is 5.41 Å². The zero-order valence-corrected chi connectivity index (χ0v) is 10.2. The number of carboxylic acid groups (broad SMARTS) is 1. The molecule has 0 bridgehead atoms. The first kappa shape index (κ1) is 11.5. The molecular weight excluding hydrogens is 226 g/mol. The predicted molar refractivity (Wildman–Crippen MR) is 60.8 cm³/mol. The lowest BCUT2D eigenvalue weighted by Gasteiger charge is -2.36. The Bertz CT molecular complexity index is 396. The summed E-state index contributed by atoms with van der Waals surface area (Å²) < 4.78 is 5.02. The molecule has 1 fully saturated rings. The summed E-state index contributed by atoms with van der Waals surface area (Å²) in [5.41, 5.74) is 0.312. The molecule has 1 aliphatic heterocycles. The van der Waals surface area contributed by atoms with Crippen LogP contribution in [-0.4, -0.2) is 29.3 Å². The summed E-state index contributed by atoms with van der Waals surface area (Å²) in [6.07, 6.45) is 0.486. The maximum absolute atomic E-state index is 11.1. The number of thiazole rings is 1. The van der Waals surface area contributed by atoms with Crippen molar-refractivity contribution in [3.63, 3.8) is 0 Å². The van der Waals surface area contributed by atoms with E-state index < -0.39 is 11.4 Å². The van der Waals surface area contributed by atoms with Gasteiger partial charge in [-0.2, -0.15) is 0 Å². The molecule has 4 nitrogen and oxygen atoms in total. The van der Waals surface area contributed by atoms with Gasteiger partial charge in [0.1, 0.15) is 5.41 Å². The van der Waals surface area contributed by atoms with E-state index in [0.29, 0.717) is 25.6 Å². The van der Waals surface area contributed by atoms with Crippen LogP contribution < -0.4 is 0 Å². The largest absolute Gasteiger partial charge is 0.481 e. The summed E-state index contributed by atoms with van der Waals surface area (Å²) in [4.78, 5) is 15.6. The summed E-state index contributed by atoms with van der Waals surface area (Å²) in [7, 11) is 0. The fourth-order valence-corrected chi connectivity index (χ4v) is 2.71. The number of carboxylic acids is 1. The quantitative estimate of drug-likeness (QED) is 0.874. The average Bonchev–Trinajstić information content (AvgIpc) is 2.58. The molecule has 1 aromatic rings. The number of hydrogen-bond acceptors (Lipinski definition) is 4. The van der Waals surface area contributed by atoms with Gasteiger partial charge in [0.05, 0.1) is 23.9 Å². The molecule has 1 aromatic heterocycles. The summed E-state index contributed by atoms with van der Waals surface area (Å²) in [5, 5.41) is 12.1. The molecule has 2 rings (SSSR count). The zero-order valence-electron chi connectivity index (χ0n) is 9.40. The van der Waals surface area contributed by atoms with Gasteiger partial charge >= 0.3 is 5.97 Å². The summed E-state index contributed by atoms with van der Waals surface area (Å²) >= 11 is 1.54. The zero-order chi connectivity index (χ0) is 11.8. The van der Waals surface area contributed by atoms with Gasteiger partial charge < -0.3 is 9.84 Å². The van der Waals surface area contributed by atoms with Crippen LogP contribution in [0, 0.1) is 5.41 Å². The van der Waals surface area contributed by atoms with E-state index in [-0.39, 0.29) is 0 Å². The first-order chi connectivity index (χ1) is 7.53. The second kappa shape index (κ2) is 4.14. The third-order valence-corrected chi connectivity index (χ3v) is 3.73. The molecule has 16 heavy (non-hydrogen) atoms. The van der Waals surface area contributed by atoms with E-state index in [4.69, 9.17) is 9.84 Å². The van der Waals surface area contributed by atoms with Gasteiger partial charge in [-0.15, -0.1) is 11.3 Å².